The van der Waals surface area contributed by atoms with Crippen LogP contribution in [0.2, 0.25) is 0 Å². The maximum Gasteiger partial charge on any atom is 0.805 e. The zero-order valence-electron chi connectivity index (χ0n) is 22.7. The molecule has 0 N–H and O–H groups in total. The van der Waals surface area contributed by atoms with E-state index >= 15 is 0 Å². The van der Waals surface area contributed by atoms with Gasteiger partial charge in [0.1, 0.15) is 0 Å². The molecule has 0 fully saturated rings. The third-order valence-corrected chi connectivity index (χ3v) is 7.06. The molecule has 3 nitrogen and oxygen atoms in total. The second-order valence-electron chi connectivity index (χ2n) is 13.6. The first-order valence-electron chi connectivity index (χ1n) is 12.0. The molecule has 0 spiro atoms. The Bertz CT molecular complexity index is 999. The van der Waals surface area contributed by atoms with Gasteiger partial charge in [0.2, 0.25) is 0 Å². The molecule has 0 radical (unpaired) electrons. The summed E-state index contributed by atoms with van der Waals surface area (Å²) in [6.45, 7) is 26.5. The largest absolute Gasteiger partial charge is 0.805 e. The van der Waals surface area contributed by atoms with E-state index in [0.717, 1.165) is 22.3 Å². The molecule has 180 valence electrons. The highest BCUT2D eigenvalue weighted by molar-refractivity contribution is 7.34. The summed E-state index contributed by atoms with van der Waals surface area (Å²) in [7, 11) is -2.36. The number of hydrogen-bond acceptors (Lipinski definition) is 3. The summed E-state index contributed by atoms with van der Waals surface area (Å²) in [6.07, 6.45) is 0.674. The van der Waals surface area contributed by atoms with E-state index in [9.17, 15) is 4.57 Å². The third-order valence-electron chi connectivity index (χ3n) is 6.39. The van der Waals surface area contributed by atoms with Crippen LogP contribution >= 0.6 is 8.25 Å². The zero-order valence-corrected chi connectivity index (χ0v) is 23.6. The van der Waals surface area contributed by atoms with Crippen molar-refractivity contribution in [2.45, 2.75) is 111 Å². The van der Waals surface area contributed by atoms with Crippen LogP contribution in [0.15, 0.2) is 24.3 Å². The summed E-state index contributed by atoms with van der Waals surface area (Å²) in [5.74, 6) is 1.42. The summed E-state index contributed by atoms with van der Waals surface area (Å²) in [6, 6.07) is 8.92. The van der Waals surface area contributed by atoms with E-state index < -0.39 is 8.25 Å². The van der Waals surface area contributed by atoms with Crippen molar-refractivity contribution < 1.29 is 13.6 Å². The molecule has 0 saturated carbocycles. The van der Waals surface area contributed by atoms with Gasteiger partial charge in [0.15, 0.2) is 11.5 Å². The molecule has 0 aromatic heterocycles. The predicted molar refractivity (Wildman–Crippen MR) is 139 cm³/mol. The van der Waals surface area contributed by atoms with Gasteiger partial charge in [0.25, 0.3) is 0 Å². The molecular weight excluding hydrogens is 427 g/mol. The van der Waals surface area contributed by atoms with Crippen LogP contribution in [0.1, 0.15) is 116 Å². The smallest absolute Gasteiger partial charge is 0.222 e. The highest BCUT2D eigenvalue weighted by Gasteiger charge is 2.39. The Morgan fingerprint density at radius 2 is 0.909 bits per heavy atom. The average molecular weight is 470 g/mol. The predicted octanol–water partition coefficient (Wildman–Crippen LogP) is 8.90. The van der Waals surface area contributed by atoms with E-state index in [1.165, 1.54) is 11.1 Å². The normalized spacial score (nSPS) is 15.1. The molecule has 0 amide bonds. The Kier molecular flexibility index (Phi) is 6.34. The van der Waals surface area contributed by atoms with E-state index in [-0.39, 0.29) is 21.7 Å². The van der Waals surface area contributed by atoms with Crippen LogP contribution in [0.4, 0.5) is 0 Å². The van der Waals surface area contributed by atoms with Gasteiger partial charge in [0.05, 0.1) is 0 Å². The lowest BCUT2D eigenvalue weighted by Crippen LogP contribution is -2.21. The van der Waals surface area contributed by atoms with Crippen molar-refractivity contribution in [2.24, 2.45) is 0 Å². The first-order chi connectivity index (χ1) is 14.8. The van der Waals surface area contributed by atoms with Gasteiger partial charge < -0.3 is 0 Å². The van der Waals surface area contributed by atoms with Crippen LogP contribution in [0.25, 0.3) is 0 Å². The van der Waals surface area contributed by atoms with Crippen molar-refractivity contribution in [1.82, 2.24) is 0 Å². The number of rotatable bonds is 0. The van der Waals surface area contributed by atoms with Gasteiger partial charge in [-0.15, -0.1) is 0 Å². The quantitative estimate of drug-likeness (QED) is 0.361. The topological polar surface area (TPSA) is 35.5 Å². The summed E-state index contributed by atoms with van der Waals surface area (Å²) >= 11 is 0. The van der Waals surface area contributed by atoms with Crippen LogP contribution in [-0.2, 0) is 32.6 Å². The highest BCUT2D eigenvalue weighted by Crippen LogP contribution is 2.49. The minimum absolute atomic E-state index is 0.0112. The molecule has 1 aliphatic rings. The zero-order chi connectivity index (χ0) is 25.1. The molecular formula is C29H42O3P+. The van der Waals surface area contributed by atoms with Crippen molar-refractivity contribution in [1.29, 1.82) is 0 Å². The molecule has 4 heteroatoms. The van der Waals surface area contributed by atoms with Gasteiger partial charge in [0, 0.05) is 33.2 Å². The number of fused-ring (bicyclic) bond motifs is 2. The van der Waals surface area contributed by atoms with E-state index in [4.69, 9.17) is 9.05 Å². The van der Waals surface area contributed by atoms with Gasteiger partial charge in [-0.2, -0.15) is 0 Å². The van der Waals surface area contributed by atoms with E-state index in [0.29, 0.717) is 17.9 Å². The van der Waals surface area contributed by atoms with Gasteiger partial charge in [-0.1, -0.05) is 107 Å². The fourth-order valence-corrected chi connectivity index (χ4v) is 4.98. The molecule has 0 aliphatic carbocycles. The van der Waals surface area contributed by atoms with Gasteiger partial charge >= 0.3 is 8.25 Å². The molecule has 3 rings (SSSR count). The summed E-state index contributed by atoms with van der Waals surface area (Å²) < 4.78 is 25.3. The molecule has 0 bridgehead atoms. The summed E-state index contributed by atoms with van der Waals surface area (Å²) in [5, 5.41) is 0. The fourth-order valence-electron chi connectivity index (χ4n) is 4.21. The minimum atomic E-state index is -2.36. The lowest BCUT2D eigenvalue weighted by Gasteiger charge is -2.30. The van der Waals surface area contributed by atoms with Crippen molar-refractivity contribution in [2.75, 3.05) is 0 Å². The fraction of sp³-hybridized carbons (Fsp3) is 0.586. The van der Waals surface area contributed by atoms with Crippen molar-refractivity contribution >= 4 is 8.25 Å². The Morgan fingerprint density at radius 3 is 1.18 bits per heavy atom. The molecule has 0 unspecified atom stereocenters. The van der Waals surface area contributed by atoms with Crippen LogP contribution < -0.4 is 9.05 Å². The highest BCUT2D eigenvalue weighted by atomic mass is 31.1. The SMILES string of the molecule is CC(C)(C)c1cc2c(c(C(C)(C)C)c1)O[P+](=O)Oc1c(cc(C(C)(C)C)cc1C(C)(C)C)C2. The second kappa shape index (κ2) is 8.12. The maximum absolute atomic E-state index is 13.2. The van der Waals surface area contributed by atoms with Crippen LogP contribution in [0, 0.1) is 0 Å². The van der Waals surface area contributed by atoms with Gasteiger partial charge in [-0.05, 0) is 32.8 Å². The minimum Gasteiger partial charge on any atom is -0.222 e. The van der Waals surface area contributed by atoms with E-state index in [1.807, 2.05) is 0 Å². The Morgan fingerprint density at radius 1 is 0.576 bits per heavy atom. The molecule has 0 saturated heterocycles. The van der Waals surface area contributed by atoms with Crippen molar-refractivity contribution in [3.8, 4) is 11.5 Å². The van der Waals surface area contributed by atoms with Crippen LogP contribution in [-0.4, -0.2) is 0 Å². The van der Waals surface area contributed by atoms with Crippen molar-refractivity contribution in [3.05, 3.63) is 57.6 Å². The Hall–Kier alpha value is -1.86. The van der Waals surface area contributed by atoms with Crippen LogP contribution in [0.3, 0.4) is 0 Å². The lowest BCUT2D eigenvalue weighted by atomic mass is 9.76. The van der Waals surface area contributed by atoms with Crippen LogP contribution in [0.5, 0.6) is 11.5 Å². The Balaban J connectivity index is 2.38. The molecule has 1 heterocycles. The third kappa shape index (κ3) is 5.46. The average Bonchev–Trinajstić information content (AvgIpc) is 2.58. The molecule has 2 aromatic rings. The molecule has 2 aromatic carbocycles. The molecule has 33 heavy (non-hydrogen) atoms. The monoisotopic (exact) mass is 469 g/mol. The number of hydrogen-bond donors (Lipinski definition) is 0. The van der Waals surface area contributed by atoms with Gasteiger partial charge in [-0.25, -0.2) is 9.05 Å². The molecule has 1 aliphatic heterocycles. The number of benzene rings is 2. The van der Waals surface area contributed by atoms with E-state index in [1.54, 1.807) is 0 Å². The van der Waals surface area contributed by atoms with E-state index in [2.05, 4.69) is 107 Å². The Labute approximate surface area is 202 Å². The standard InChI is InChI=1S/C29H42O3P/c1-26(2,3)20-14-18-13-19-15-21(27(4,5)6)17-23(29(10,11)12)25(19)32-33(30)31-24(18)22(16-20)28(7,8)9/h14-17H,13H2,1-12H3/q+1. The summed E-state index contributed by atoms with van der Waals surface area (Å²) in [5.41, 5.74) is 6.47. The lowest BCUT2D eigenvalue weighted by molar-refractivity contribution is 0.394. The second-order valence-corrected chi connectivity index (χ2v) is 14.4. The first kappa shape index (κ1) is 25.8. The maximum atomic E-state index is 13.2. The first-order valence-corrected chi connectivity index (χ1v) is 13.1. The summed E-state index contributed by atoms with van der Waals surface area (Å²) in [4.78, 5) is 0. The molecule has 0 atom stereocenters. The van der Waals surface area contributed by atoms with Crippen molar-refractivity contribution in [3.63, 3.8) is 0 Å². The van der Waals surface area contributed by atoms with Gasteiger partial charge in [-0.3, -0.25) is 0 Å².